The van der Waals surface area contributed by atoms with E-state index in [0.717, 1.165) is 23.1 Å². The van der Waals surface area contributed by atoms with Gasteiger partial charge in [0.25, 0.3) is 5.91 Å². The molecule has 2 aliphatic heterocycles. The van der Waals surface area contributed by atoms with Gasteiger partial charge < -0.3 is 28.6 Å². The maximum Gasteiger partial charge on any atom is 0.344 e. The van der Waals surface area contributed by atoms with E-state index in [1.807, 2.05) is 38.1 Å². The lowest BCUT2D eigenvalue weighted by atomic mass is 9.99. The van der Waals surface area contributed by atoms with Crippen LogP contribution >= 0.6 is 0 Å². The van der Waals surface area contributed by atoms with Crippen molar-refractivity contribution >= 4 is 11.9 Å². The van der Waals surface area contributed by atoms with Gasteiger partial charge in [-0.2, -0.15) is 0 Å². The van der Waals surface area contributed by atoms with Crippen LogP contribution in [0.3, 0.4) is 0 Å². The molecule has 8 nitrogen and oxygen atoms in total. The molecule has 0 spiro atoms. The molecule has 33 heavy (non-hydrogen) atoms. The third-order valence-electron chi connectivity index (χ3n) is 5.83. The van der Waals surface area contributed by atoms with Gasteiger partial charge in [-0.25, -0.2) is 4.79 Å². The van der Waals surface area contributed by atoms with E-state index >= 15 is 0 Å². The second-order valence-corrected chi connectivity index (χ2v) is 8.77. The van der Waals surface area contributed by atoms with E-state index in [1.165, 1.54) is 0 Å². The fourth-order valence-electron chi connectivity index (χ4n) is 4.21. The van der Waals surface area contributed by atoms with Gasteiger partial charge >= 0.3 is 5.97 Å². The Kier molecular flexibility index (Phi) is 6.35. The topological polar surface area (TPSA) is 83.5 Å². The number of para-hydroxylation sites is 1. The highest BCUT2D eigenvalue weighted by molar-refractivity contribution is 5.81. The summed E-state index contributed by atoms with van der Waals surface area (Å²) in [6.45, 7) is 4.34. The van der Waals surface area contributed by atoms with Crippen molar-refractivity contribution in [3.8, 4) is 23.0 Å². The molecule has 0 atom stereocenters. The van der Waals surface area contributed by atoms with E-state index in [0.29, 0.717) is 42.5 Å². The fraction of sp³-hybridized carbons (Fsp3) is 0.440. The van der Waals surface area contributed by atoms with Crippen molar-refractivity contribution in [2.45, 2.75) is 38.8 Å². The highest BCUT2D eigenvalue weighted by Gasteiger charge is 2.32. The Bertz CT molecular complexity index is 1060. The fourth-order valence-corrected chi connectivity index (χ4v) is 4.21. The number of esters is 1. The van der Waals surface area contributed by atoms with E-state index in [-0.39, 0.29) is 24.7 Å². The maximum atomic E-state index is 12.6. The molecule has 8 heteroatoms. The third kappa shape index (κ3) is 4.99. The number of hydrogen-bond donors (Lipinski definition) is 0. The predicted molar refractivity (Wildman–Crippen MR) is 120 cm³/mol. The standard InChI is InChI=1S/C25H29NO7/c1-25(2)12-17-6-5-7-19(24(17)33-25)31-15-23(28)32-14-22(27)26-9-8-16-10-20(29-3)21(30-4)11-18(16)13-26/h5-7,10-11H,8-9,12-15H2,1-4H3. The Labute approximate surface area is 193 Å². The molecule has 0 unspecified atom stereocenters. The molecule has 0 aromatic heterocycles. The van der Waals surface area contributed by atoms with E-state index in [2.05, 4.69) is 0 Å². The summed E-state index contributed by atoms with van der Waals surface area (Å²) >= 11 is 0. The molecule has 2 aromatic carbocycles. The van der Waals surface area contributed by atoms with Crippen LogP contribution in [0.15, 0.2) is 30.3 Å². The summed E-state index contributed by atoms with van der Waals surface area (Å²) in [5.74, 6) is 1.58. The highest BCUT2D eigenvalue weighted by Crippen LogP contribution is 2.41. The van der Waals surface area contributed by atoms with Crippen LogP contribution in [-0.2, 0) is 33.7 Å². The number of carbonyl (C=O) groups excluding carboxylic acids is 2. The van der Waals surface area contributed by atoms with Crippen molar-refractivity contribution in [1.82, 2.24) is 4.90 Å². The van der Waals surface area contributed by atoms with E-state index in [4.69, 9.17) is 23.7 Å². The zero-order valence-electron chi connectivity index (χ0n) is 19.4. The van der Waals surface area contributed by atoms with Crippen molar-refractivity contribution in [1.29, 1.82) is 0 Å². The normalized spacial score (nSPS) is 15.7. The lowest BCUT2D eigenvalue weighted by molar-refractivity contribution is -0.154. The van der Waals surface area contributed by atoms with Crippen LogP contribution in [0.25, 0.3) is 0 Å². The smallest absolute Gasteiger partial charge is 0.344 e. The summed E-state index contributed by atoms with van der Waals surface area (Å²) in [5.41, 5.74) is 2.84. The molecular formula is C25H29NO7. The molecule has 0 saturated heterocycles. The Hall–Kier alpha value is -3.42. The van der Waals surface area contributed by atoms with Crippen LogP contribution in [-0.4, -0.2) is 56.4 Å². The molecule has 0 bridgehead atoms. The van der Waals surface area contributed by atoms with Crippen LogP contribution < -0.4 is 18.9 Å². The molecule has 176 valence electrons. The van der Waals surface area contributed by atoms with Crippen LogP contribution in [0.5, 0.6) is 23.0 Å². The van der Waals surface area contributed by atoms with Crippen LogP contribution in [0.1, 0.15) is 30.5 Å². The van der Waals surface area contributed by atoms with Gasteiger partial charge in [0.05, 0.1) is 14.2 Å². The van der Waals surface area contributed by atoms with E-state index in [9.17, 15) is 9.59 Å². The molecule has 4 rings (SSSR count). The van der Waals surface area contributed by atoms with Gasteiger partial charge in [-0.1, -0.05) is 12.1 Å². The lowest BCUT2D eigenvalue weighted by Crippen LogP contribution is -2.39. The zero-order chi connectivity index (χ0) is 23.6. The SMILES string of the molecule is COc1cc2c(cc1OC)CN(C(=O)COC(=O)COc1cccc3c1OC(C)(C)C3)CC2. The number of rotatable bonds is 7. The van der Waals surface area contributed by atoms with Gasteiger partial charge in [0.15, 0.2) is 36.2 Å². The predicted octanol–water partition coefficient (Wildman–Crippen LogP) is 2.92. The van der Waals surface area contributed by atoms with Crippen LogP contribution in [0.2, 0.25) is 0 Å². The Balaban J connectivity index is 1.29. The highest BCUT2D eigenvalue weighted by atomic mass is 16.6. The second-order valence-electron chi connectivity index (χ2n) is 8.77. The van der Waals surface area contributed by atoms with Gasteiger partial charge in [0, 0.05) is 25.1 Å². The zero-order valence-corrected chi connectivity index (χ0v) is 19.4. The molecule has 0 N–H and O–H groups in total. The quantitative estimate of drug-likeness (QED) is 0.594. The summed E-state index contributed by atoms with van der Waals surface area (Å²) in [5, 5.41) is 0. The van der Waals surface area contributed by atoms with Gasteiger partial charge in [0.1, 0.15) is 5.60 Å². The van der Waals surface area contributed by atoms with Crippen molar-refractivity contribution in [2.75, 3.05) is 34.0 Å². The average Bonchev–Trinajstić information content (AvgIpc) is 3.14. The Morgan fingerprint density at radius 2 is 1.73 bits per heavy atom. The molecule has 0 radical (unpaired) electrons. The molecular weight excluding hydrogens is 426 g/mol. The first-order valence-electron chi connectivity index (χ1n) is 10.9. The number of methoxy groups -OCH3 is 2. The van der Waals surface area contributed by atoms with Crippen molar-refractivity contribution in [3.05, 3.63) is 47.0 Å². The number of fused-ring (bicyclic) bond motifs is 2. The lowest BCUT2D eigenvalue weighted by Gasteiger charge is -2.29. The third-order valence-corrected chi connectivity index (χ3v) is 5.83. The number of hydrogen-bond acceptors (Lipinski definition) is 7. The first-order chi connectivity index (χ1) is 15.8. The first-order valence-corrected chi connectivity index (χ1v) is 10.9. The molecule has 2 aliphatic rings. The number of carbonyl (C=O) groups is 2. The van der Waals surface area contributed by atoms with Crippen molar-refractivity contribution in [2.24, 2.45) is 0 Å². The number of benzene rings is 2. The second kappa shape index (κ2) is 9.21. The van der Waals surface area contributed by atoms with Crippen LogP contribution in [0, 0.1) is 0 Å². The molecule has 0 fully saturated rings. The van der Waals surface area contributed by atoms with Gasteiger partial charge in [-0.3, -0.25) is 4.79 Å². The average molecular weight is 456 g/mol. The molecule has 2 aromatic rings. The van der Waals surface area contributed by atoms with Crippen molar-refractivity contribution < 1.29 is 33.3 Å². The summed E-state index contributed by atoms with van der Waals surface area (Å²) in [7, 11) is 3.17. The maximum absolute atomic E-state index is 12.6. The summed E-state index contributed by atoms with van der Waals surface area (Å²) in [6.07, 6.45) is 1.46. The van der Waals surface area contributed by atoms with Crippen LogP contribution in [0.4, 0.5) is 0 Å². The molecule has 2 heterocycles. The largest absolute Gasteiger partial charge is 0.493 e. The molecule has 0 aliphatic carbocycles. The van der Waals surface area contributed by atoms with Gasteiger partial charge in [-0.15, -0.1) is 0 Å². The minimum Gasteiger partial charge on any atom is -0.493 e. The number of amides is 1. The van der Waals surface area contributed by atoms with Gasteiger partial charge in [0.2, 0.25) is 0 Å². The van der Waals surface area contributed by atoms with E-state index < -0.39 is 5.97 Å². The van der Waals surface area contributed by atoms with E-state index in [1.54, 1.807) is 25.2 Å². The Morgan fingerprint density at radius 3 is 2.45 bits per heavy atom. The summed E-state index contributed by atoms with van der Waals surface area (Å²) < 4.78 is 27.4. The summed E-state index contributed by atoms with van der Waals surface area (Å²) in [6, 6.07) is 9.43. The monoisotopic (exact) mass is 455 g/mol. The molecule has 0 saturated carbocycles. The minimum atomic E-state index is -0.609. The first kappa shape index (κ1) is 22.8. The molecule has 1 amide bonds. The Morgan fingerprint density at radius 1 is 1.00 bits per heavy atom. The minimum absolute atomic E-state index is 0.255. The number of ether oxygens (including phenoxy) is 5. The number of nitrogens with zero attached hydrogens (tertiary/aromatic N) is 1. The van der Waals surface area contributed by atoms with Crippen molar-refractivity contribution in [3.63, 3.8) is 0 Å². The van der Waals surface area contributed by atoms with Gasteiger partial charge in [-0.05, 0) is 49.6 Å². The summed E-state index contributed by atoms with van der Waals surface area (Å²) in [4.78, 5) is 26.5.